The monoisotopic (exact) mass is 444 g/mol. The third-order valence-corrected chi connectivity index (χ3v) is 7.28. The molecule has 6 rings (SSSR count). The summed E-state index contributed by atoms with van der Waals surface area (Å²) in [6.45, 7) is 8.72. The molecule has 1 atom stereocenters. The first-order valence-electron chi connectivity index (χ1n) is 12.3. The van der Waals surface area contributed by atoms with Crippen LogP contribution in [0.5, 0.6) is 0 Å². The number of rotatable bonds is 4. The predicted molar refractivity (Wildman–Crippen MR) is 132 cm³/mol. The van der Waals surface area contributed by atoms with Crippen molar-refractivity contribution in [2.24, 2.45) is 5.92 Å². The Balaban J connectivity index is 1.20. The number of carbonyl (C=O) groups excluding carboxylic acids is 1. The van der Waals surface area contributed by atoms with E-state index in [0.29, 0.717) is 17.9 Å². The quantitative estimate of drug-likeness (QED) is 0.671. The Hall–Kier alpha value is -3.06. The minimum absolute atomic E-state index is 0.304. The first-order valence-corrected chi connectivity index (χ1v) is 12.3. The van der Waals surface area contributed by atoms with Crippen molar-refractivity contribution < 1.29 is 4.79 Å². The van der Waals surface area contributed by atoms with Crippen molar-refractivity contribution in [3.8, 4) is 11.1 Å². The Morgan fingerprint density at radius 1 is 0.970 bits per heavy atom. The van der Waals surface area contributed by atoms with Gasteiger partial charge in [-0.1, -0.05) is 12.1 Å². The van der Waals surface area contributed by atoms with E-state index < -0.39 is 0 Å². The normalized spacial score (nSPS) is 21.6. The second-order valence-electron chi connectivity index (χ2n) is 9.71. The lowest BCUT2D eigenvalue weighted by atomic mass is 10.1. The molecule has 2 saturated heterocycles. The molecular weight excluding hydrogens is 412 g/mol. The zero-order valence-corrected chi connectivity index (χ0v) is 19.3. The van der Waals surface area contributed by atoms with Crippen LogP contribution in [0.2, 0.25) is 0 Å². The maximum absolute atomic E-state index is 12.4. The summed E-state index contributed by atoms with van der Waals surface area (Å²) in [5.74, 6) is 0.664. The summed E-state index contributed by atoms with van der Waals surface area (Å²) in [6.07, 6.45) is 6.15. The highest BCUT2D eigenvalue weighted by atomic mass is 16.2. The van der Waals surface area contributed by atoms with E-state index in [0.717, 1.165) is 64.2 Å². The Labute approximate surface area is 195 Å². The van der Waals surface area contributed by atoms with Crippen LogP contribution in [-0.2, 0) is 4.79 Å². The van der Waals surface area contributed by atoms with E-state index in [9.17, 15) is 4.79 Å². The first-order chi connectivity index (χ1) is 16.2. The molecule has 2 aliphatic heterocycles. The minimum Gasteiger partial charge on any atom is -0.369 e. The van der Waals surface area contributed by atoms with Gasteiger partial charge in [0.25, 0.3) is 0 Å². The molecule has 0 bridgehead atoms. The van der Waals surface area contributed by atoms with E-state index in [1.54, 1.807) is 0 Å². The van der Waals surface area contributed by atoms with Crippen LogP contribution in [0.15, 0.2) is 48.8 Å². The van der Waals surface area contributed by atoms with Crippen molar-refractivity contribution in [2.75, 3.05) is 55.6 Å². The first kappa shape index (κ1) is 20.5. The van der Waals surface area contributed by atoms with Crippen LogP contribution in [0.25, 0.3) is 16.6 Å². The fraction of sp³-hybridized carbons (Fsp3) is 0.462. The summed E-state index contributed by atoms with van der Waals surface area (Å²) >= 11 is 0. The lowest BCUT2D eigenvalue weighted by Gasteiger charge is -2.36. The number of nitrogens with zero attached hydrogens (tertiary/aromatic N) is 5. The Morgan fingerprint density at radius 3 is 2.48 bits per heavy atom. The average molecular weight is 445 g/mol. The molecule has 4 heterocycles. The summed E-state index contributed by atoms with van der Waals surface area (Å²) < 4.78 is 1.98. The molecule has 7 heteroatoms. The standard InChI is InChI=1S/C26H32N6O/c1-19-17-31(11-10-27-19)23-6-4-20(5-7-23)22-16-25-24(8-9-28-32(25)18-22)29-12-14-30(15-13-29)26(33)21-2-3-21/h4-9,16,18-19,21,27H,2-3,10-15,17H2,1H3/t19-/m1/s1. The topological polar surface area (TPSA) is 56.1 Å². The summed E-state index contributed by atoms with van der Waals surface area (Å²) in [7, 11) is 0. The zero-order valence-electron chi connectivity index (χ0n) is 19.3. The van der Waals surface area contributed by atoms with E-state index in [1.165, 1.54) is 22.5 Å². The van der Waals surface area contributed by atoms with Gasteiger partial charge < -0.3 is 20.0 Å². The van der Waals surface area contributed by atoms with E-state index in [2.05, 4.69) is 74.6 Å². The molecule has 3 aromatic rings. The van der Waals surface area contributed by atoms with Gasteiger partial charge in [-0.25, -0.2) is 4.52 Å². The number of piperazine rings is 2. The molecule has 1 amide bonds. The van der Waals surface area contributed by atoms with Crippen molar-refractivity contribution in [2.45, 2.75) is 25.8 Å². The lowest BCUT2D eigenvalue weighted by molar-refractivity contribution is -0.132. The Morgan fingerprint density at radius 2 is 1.76 bits per heavy atom. The smallest absolute Gasteiger partial charge is 0.225 e. The number of aromatic nitrogens is 2. The number of nitrogens with one attached hydrogen (secondary N) is 1. The van der Waals surface area contributed by atoms with E-state index in [1.807, 2.05) is 10.7 Å². The summed E-state index contributed by atoms with van der Waals surface area (Å²) in [6, 6.07) is 13.8. The summed E-state index contributed by atoms with van der Waals surface area (Å²) in [4.78, 5) is 19.3. The Kier molecular flexibility index (Phi) is 5.21. The van der Waals surface area contributed by atoms with E-state index in [-0.39, 0.29) is 0 Å². The fourth-order valence-corrected chi connectivity index (χ4v) is 5.21. The van der Waals surface area contributed by atoms with Gasteiger partial charge in [0.15, 0.2) is 0 Å². The maximum Gasteiger partial charge on any atom is 0.225 e. The van der Waals surface area contributed by atoms with Crippen LogP contribution in [0, 0.1) is 5.92 Å². The summed E-state index contributed by atoms with van der Waals surface area (Å²) in [5.41, 5.74) is 5.99. The van der Waals surface area contributed by atoms with Crippen LogP contribution in [-0.4, -0.2) is 72.3 Å². The van der Waals surface area contributed by atoms with Gasteiger partial charge in [-0.15, -0.1) is 0 Å². The molecule has 7 nitrogen and oxygen atoms in total. The molecule has 1 aliphatic carbocycles. The highest BCUT2D eigenvalue weighted by Crippen LogP contribution is 2.33. The van der Waals surface area contributed by atoms with Crippen LogP contribution < -0.4 is 15.1 Å². The molecular formula is C26H32N6O. The second kappa shape index (κ2) is 8.37. The van der Waals surface area contributed by atoms with Crippen molar-refractivity contribution in [1.29, 1.82) is 0 Å². The highest BCUT2D eigenvalue weighted by molar-refractivity contribution is 5.82. The molecule has 1 saturated carbocycles. The van der Waals surface area contributed by atoms with Gasteiger partial charge in [0.05, 0.1) is 11.2 Å². The second-order valence-corrected chi connectivity index (χ2v) is 9.71. The fourth-order valence-electron chi connectivity index (χ4n) is 5.21. The number of hydrogen-bond donors (Lipinski definition) is 1. The molecule has 1 N–H and O–H groups in total. The molecule has 0 unspecified atom stereocenters. The maximum atomic E-state index is 12.4. The van der Waals surface area contributed by atoms with Gasteiger partial charge in [-0.3, -0.25) is 4.79 Å². The number of fused-ring (bicyclic) bond motifs is 1. The van der Waals surface area contributed by atoms with Crippen molar-refractivity contribution in [1.82, 2.24) is 19.8 Å². The number of anilines is 2. The third kappa shape index (κ3) is 4.06. The lowest BCUT2D eigenvalue weighted by Crippen LogP contribution is -2.49. The molecule has 0 radical (unpaired) electrons. The van der Waals surface area contributed by atoms with Crippen molar-refractivity contribution in [3.63, 3.8) is 0 Å². The molecule has 3 fully saturated rings. The van der Waals surface area contributed by atoms with E-state index >= 15 is 0 Å². The van der Waals surface area contributed by atoms with Gasteiger partial charge >= 0.3 is 0 Å². The van der Waals surface area contributed by atoms with Crippen LogP contribution in [0.4, 0.5) is 11.4 Å². The minimum atomic E-state index is 0.304. The largest absolute Gasteiger partial charge is 0.369 e. The predicted octanol–water partition coefficient (Wildman–Crippen LogP) is 2.86. The van der Waals surface area contributed by atoms with Crippen LogP contribution >= 0.6 is 0 Å². The summed E-state index contributed by atoms with van der Waals surface area (Å²) in [5, 5.41) is 8.07. The number of benzene rings is 1. The molecule has 172 valence electrons. The van der Waals surface area contributed by atoms with Crippen molar-refractivity contribution >= 4 is 22.8 Å². The SMILES string of the molecule is C[C@@H]1CN(c2ccc(-c3cc4c(N5CCN(C(=O)C6CC6)CC5)ccnn4c3)cc2)CCN1. The molecule has 1 aromatic carbocycles. The number of hydrogen-bond acceptors (Lipinski definition) is 5. The van der Waals surface area contributed by atoms with Gasteiger partial charge in [-0.05, 0) is 49.6 Å². The van der Waals surface area contributed by atoms with Crippen molar-refractivity contribution in [3.05, 3.63) is 48.8 Å². The van der Waals surface area contributed by atoms with Gasteiger partial charge in [0, 0.05) is 81.4 Å². The average Bonchev–Trinajstić information content (AvgIpc) is 3.61. The molecule has 2 aromatic heterocycles. The molecule has 0 spiro atoms. The third-order valence-electron chi connectivity index (χ3n) is 7.28. The number of carbonyl (C=O) groups is 1. The van der Waals surface area contributed by atoms with Gasteiger partial charge in [0.2, 0.25) is 5.91 Å². The highest BCUT2D eigenvalue weighted by Gasteiger charge is 2.34. The number of amides is 1. The molecule has 3 aliphatic rings. The van der Waals surface area contributed by atoms with E-state index in [4.69, 9.17) is 0 Å². The van der Waals surface area contributed by atoms with Crippen LogP contribution in [0.1, 0.15) is 19.8 Å². The van der Waals surface area contributed by atoms with Crippen LogP contribution in [0.3, 0.4) is 0 Å². The van der Waals surface area contributed by atoms with Gasteiger partial charge in [0.1, 0.15) is 0 Å². The van der Waals surface area contributed by atoms with Gasteiger partial charge in [-0.2, -0.15) is 5.10 Å². The Bertz CT molecular complexity index is 1140. The molecule has 33 heavy (non-hydrogen) atoms. The zero-order chi connectivity index (χ0) is 22.4.